The van der Waals surface area contributed by atoms with Crippen molar-refractivity contribution in [2.24, 2.45) is 11.7 Å². The number of hydrogen-bond donors (Lipinski definition) is 5. The Morgan fingerprint density at radius 2 is 1.66 bits per heavy atom. The van der Waals surface area contributed by atoms with Gasteiger partial charge in [0.15, 0.2) is 0 Å². The number of unbranched alkanes of at least 4 members (excludes halogenated alkanes) is 2. The molecule has 0 spiro atoms. The number of nitrogens with two attached hydrogens (primary N) is 1. The molecule has 44 heavy (non-hydrogen) atoms. The highest BCUT2D eigenvalue weighted by atomic mass is 16.6. The molecule has 1 rings (SSSR count). The van der Waals surface area contributed by atoms with E-state index in [1.165, 1.54) is 24.1 Å². The number of nitrogens with zero attached hydrogens (tertiary/aromatic N) is 3. The zero-order valence-electron chi connectivity index (χ0n) is 25.6. The highest BCUT2D eigenvalue weighted by Crippen LogP contribution is 2.09. The molecule has 6 N–H and O–H groups in total. The Labute approximate surface area is 257 Å². The van der Waals surface area contributed by atoms with Gasteiger partial charge >= 0.3 is 12.1 Å². The maximum atomic E-state index is 13.2. The van der Waals surface area contributed by atoms with Gasteiger partial charge in [-0.1, -0.05) is 20.3 Å². The van der Waals surface area contributed by atoms with Crippen molar-refractivity contribution in [2.75, 3.05) is 39.8 Å². The summed E-state index contributed by atoms with van der Waals surface area (Å²) in [5.41, 5.74) is 5.09. The smallest absolute Gasteiger partial charge is 0.409 e. The predicted octanol–water partition coefficient (Wildman–Crippen LogP) is -0.356. The summed E-state index contributed by atoms with van der Waals surface area (Å²) >= 11 is 0. The first-order valence-electron chi connectivity index (χ1n) is 14.6. The molecular weight excluding hydrogens is 576 g/mol. The maximum absolute atomic E-state index is 13.2. The number of hydrogen-bond acceptors (Lipinski definition) is 9. The molecule has 1 heterocycles. The summed E-state index contributed by atoms with van der Waals surface area (Å²) in [6.45, 7) is 4.05. The van der Waals surface area contributed by atoms with Crippen LogP contribution in [0.1, 0.15) is 58.8 Å². The van der Waals surface area contributed by atoms with Gasteiger partial charge in [0, 0.05) is 51.8 Å². The fraction of sp³-hybridized carbons (Fsp3) is 0.643. The van der Waals surface area contributed by atoms with Gasteiger partial charge in [-0.15, -0.1) is 0 Å². The molecule has 0 unspecified atom stereocenters. The predicted molar refractivity (Wildman–Crippen MR) is 157 cm³/mol. The Morgan fingerprint density at radius 3 is 2.27 bits per heavy atom. The lowest BCUT2D eigenvalue weighted by Crippen LogP contribution is -2.55. The van der Waals surface area contributed by atoms with E-state index in [1.807, 2.05) is 6.07 Å². The molecular formula is C28H44N8O8. The van der Waals surface area contributed by atoms with Crippen LogP contribution in [-0.4, -0.2) is 103 Å². The Morgan fingerprint density at radius 1 is 0.977 bits per heavy atom. The Hall–Kier alpha value is -4.68. The number of likely N-dealkylation sites (N-methyl/N-ethyl adjacent to an activating group) is 1. The fourth-order valence-electron chi connectivity index (χ4n) is 4.07. The molecule has 0 fully saturated rings. The molecule has 0 aromatic carbocycles. The molecule has 8 amide bonds. The third-order valence-corrected chi connectivity index (χ3v) is 6.55. The van der Waals surface area contributed by atoms with E-state index in [9.17, 15) is 33.6 Å². The number of primary amides is 1. The number of carbonyl (C=O) groups excluding carboxylic acids is 7. The highest BCUT2D eigenvalue weighted by molar-refractivity contribution is 6.12. The van der Waals surface area contributed by atoms with Crippen molar-refractivity contribution in [1.29, 1.82) is 5.26 Å². The number of nitrogens with one attached hydrogen (secondary N) is 4. The largest absolute Gasteiger partial charge is 0.448 e. The summed E-state index contributed by atoms with van der Waals surface area (Å²) in [6.07, 6.45) is 4.07. The van der Waals surface area contributed by atoms with Crippen LogP contribution in [0.3, 0.4) is 0 Å². The van der Waals surface area contributed by atoms with Gasteiger partial charge in [0.05, 0.1) is 12.5 Å². The summed E-state index contributed by atoms with van der Waals surface area (Å²) in [6, 6.07) is -0.797. The van der Waals surface area contributed by atoms with Crippen LogP contribution in [0.15, 0.2) is 12.2 Å². The molecule has 1 aliphatic rings. The zero-order valence-corrected chi connectivity index (χ0v) is 25.6. The van der Waals surface area contributed by atoms with Gasteiger partial charge in [-0.2, -0.15) is 5.26 Å². The first-order valence-corrected chi connectivity index (χ1v) is 14.6. The van der Waals surface area contributed by atoms with E-state index in [-0.39, 0.29) is 75.7 Å². The summed E-state index contributed by atoms with van der Waals surface area (Å²) in [5, 5.41) is 19.0. The summed E-state index contributed by atoms with van der Waals surface area (Å²) in [7, 11) is 1.47. The van der Waals surface area contributed by atoms with Gasteiger partial charge in [-0.05, 0) is 31.6 Å². The van der Waals surface area contributed by atoms with Crippen LogP contribution in [0.5, 0.6) is 0 Å². The molecule has 0 saturated heterocycles. The van der Waals surface area contributed by atoms with Crippen LogP contribution >= 0.6 is 0 Å². The van der Waals surface area contributed by atoms with Gasteiger partial charge in [0.25, 0.3) is 11.8 Å². The Bertz CT molecular complexity index is 1090. The summed E-state index contributed by atoms with van der Waals surface area (Å²) in [5.74, 6) is -2.45. The van der Waals surface area contributed by atoms with E-state index in [2.05, 4.69) is 21.3 Å². The number of imide groups is 1. The molecule has 0 saturated carbocycles. The minimum Gasteiger partial charge on any atom is -0.448 e. The van der Waals surface area contributed by atoms with Crippen LogP contribution in [0.4, 0.5) is 9.59 Å². The zero-order chi connectivity index (χ0) is 33.1. The molecule has 0 aliphatic carbocycles. The lowest BCUT2D eigenvalue weighted by molar-refractivity contribution is -0.137. The van der Waals surface area contributed by atoms with Crippen molar-refractivity contribution in [2.45, 2.75) is 70.9 Å². The van der Waals surface area contributed by atoms with E-state index < -0.39 is 36.0 Å². The SMILES string of the molecule is CC(C)[C@H](NC(=O)CCCCCN1C(=O)C=CC1=O)C(=O)N[C@@H](CCCNC(N)=O)C(=O)NCCN(C)C(=O)OCCC#N. The molecule has 0 radical (unpaired) electrons. The minimum atomic E-state index is -1.01. The lowest BCUT2D eigenvalue weighted by Gasteiger charge is -2.26. The number of carbonyl (C=O) groups is 7. The average Bonchev–Trinajstić information content (AvgIpc) is 3.28. The number of urea groups is 1. The van der Waals surface area contributed by atoms with E-state index in [1.54, 1.807) is 13.8 Å². The molecule has 0 bridgehead atoms. The third-order valence-electron chi connectivity index (χ3n) is 6.55. The molecule has 16 nitrogen and oxygen atoms in total. The topological polar surface area (TPSA) is 233 Å². The minimum absolute atomic E-state index is 0.0476. The highest BCUT2D eigenvalue weighted by Gasteiger charge is 2.29. The van der Waals surface area contributed by atoms with Crippen molar-refractivity contribution in [3.05, 3.63) is 12.2 Å². The molecule has 0 aromatic heterocycles. The van der Waals surface area contributed by atoms with Crippen LogP contribution in [0, 0.1) is 17.2 Å². The van der Waals surface area contributed by atoms with E-state index >= 15 is 0 Å². The van der Waals surface area contributed by atoms with E-state index in [4.69, 9.17) is 15.7 Å². The van der Waals surface area contributed by atoms with Gasteiger partial charge in [0.1, 0.15) is 18.7 Å². The van der Waals surface area contributed by atoms with Crippen molar-refractivity contribution in [3.8, 4) is 6.07 Å². The second-order valence-electron chi connectivity index (χ2n) is 10.5. The van der Waals surface area contributed by atoms with E-state index in [0.29, 0.717) is 25.7 Å². The Kier molecular flexibility index (Phi) is 17.2. The molecule has 244 valence electrons. The summed E-state index contributed by atoms with van der Waals surface area (Å²) in [4.78, 5) is 87.3. The number of nitriles is 1. The molecule has 2 atom stereocenters. The van der Waals surface area contributed by atoms with E-state index in [0.717, 1.165) is 4.90 Å². The van der Waals surface area contributed by atoms with Crippen LogP contribution in [0.25, 0.3) is 0 Å². The van der Waals surface area contributed by atoms with Crippen LogP contribution < -0.4 is 27.0 Å². The molecule has 1 aliphatic heterocycles. The third kappa shape index (κ3) is 14.5. The van der Waals surface area contributed by atoms with Crippen LogP contribution in [0.2, 0.25) is 0 Å². The monoisotopic (exact) mass is 620 g/mol. The second-order valence-corrected chi connectivity index (χ2v) is 10.5. The van der Waals surface area contributed by atoms with Crippen molar-refractivity contribution >= 4 is 41.7 Å². The van der Waals surface area contributed by atoms with Crippen molar-refractivity contribution in [3.63, 3.8) is 0 Å². The number of ether oxygens (including phenoxy) is 1. The van der Waals surface area contributed by atoms with Gasteiger partial charge in [-0.25, -0.2) is 9.59 Å². The quantitative estimate of drug-likeness (QED) is 0.0882. The summed E-state index contributed by atoms with van der Waals surface area (Å²) < 4.78 is 4.92. The maximum Gasteiger partial charge on any atom is 0.409 e. The first-order chi connectivity index (χ1) is 20.9. The lowest BCUT2D eigenvalue weighted by atomic mass is 10.0. The molecule has 0 aromatic rings. The Balaban J connectivity index is 2.64. The second kappa shape index (κ2) is 20.3. The average molecular weight is 621 g/mol. The molecule has 16 heteroatoms. The van der Waals surface area contributed by atoms with Gasteiger partial charge in [-0.3, -0.25) is 28.9 Å². The van der Waals surface area contributed by atoms with Gasteiger partial charge in [0.2, 0.25) is 17.7 Å². The van der Waals surface area contributed by atoms with Crippen molar-refractivity contribution in [1.82, 2.24) is 31.1 Å². The number of rotatable bonds is 20. The van der Waals surface area contributed by atoms with Crippen molar-refractivity contribution < 1.29 is 38.3 Å². The number of amides is 8. The van der Waals surface area contributed by atoms with Crippen LogP contribution in [-0.2, 0) is 28.7 Å². The first kappa shape index (κ1) is 37.3. The normalized spacial score (nSPS) is 13.6. The standard InChI is InChI=1S/C28H44N8O8/c1-19(2)24(34-21(37)10-5-4-6-16-36-22(38)11-12-23(36)39)26(41)33-20(9-7-14-32-27(30)42)25(40)31-15-17-35(3)28(43)44-18-8-13-29/h11-12,19-20,24H,4-10,14-18H2,1-3H3,(H,31,40)(H,33,41)(H,34,37)(H3,30,32,42)/t20-,24-/m0/s1. The van der Waals surface area contributed by atoms with Gasteiger partial charge < -0.3 is 36.6 Å². The fourth-order valence-corrected chi connectivity index (χ4v) is 4.07.